The molecular weight excluding hydrogens is 293 g/mol. The average molecular weight is 306 g/mol. The standard InChI is InChI=1S/C13H13F3OS2/c1-9-2-4-11(5-3-9)19-12(13(14,15)16)8-10(17)6-7-18-12/h2-7,10,17H,8H2,1H3/t10-,12+/m1/s1. The van der Waals surface area contributed by atoms with Gasteiger partial charge in [-0.15, -0.1) is 11.8 Å². The highest BCUT2D eigenvalue weighted by molar-refractivity contribution is 8.19. The van der Waals surface area contributed by atoms with Gasteiger partial charge in [-0.05, 0) is 30.5 Å². The number of aliphatic hydroxyl groups is 1. The summed E-state index contributed by atoms with van der Waals surface area (Å²) in [5.74, 6) is 0. The maximum absolute atomic E-state index is 13.3. The number of benzene rings is 1. The van der Waals surface area contributed by atoms with E-state index < -0.39 is 16.4 Å². The summed E-state index contributed by atoms with van der Waals surface area (Å²) >= 11 is 1.48. The lowest BCUT2D eigenvalue weighted by Gasteiger charge is -2.36. The van der Waals surface area contributed by atoms with Crippen LogP contribution in [0.25, 0.3) is 0 Å². The van der Waals surface area contributed by atoms with E-state index in [0.717, 1.165) is 29.1 Å². The highest BCUT2D eigenvalue weighted by Gasteiger charge is 2.57. The van der Waals surface area contributed by atoms with Gasteiger partial charge in [0.05, 0.1) is 6.10 Å². The highest BCUT2D eigenvalue weighted by Crippen LogP contribution is 2.57. The zero-order valence-electron chi connectivity index (χ0n) is 10.1. The Morgan fingerprint density at radius 2 is 1.95 bits per heavy atom. The summed E-state index contributed by atoms with van der Waals surface area (Å²) in [7, 11) is 0. The van der Waals surface area contributed by atoms with Crippen LogP contribution >= 0.6 is 23.5 Å². The fourth-order valence-electron chi connectivity index (χ4n) is 1.73. The van der Waals surface area contributed by atoms with E-state index in [0.29, 0.717) is 4.90 Å². The molecule has 0 radical (unpaired) electrons. The number of aryl methyl sites for hydroxylation is 1. The van der Waals surface area contributed by atoms with E-state index in [4.69, 9.17) is 0 Å². The number of hydrogen-bond acceptors (Lipinski definition) is 3. The highest BCUT2D eigenvalue weighted by atomic mass is 32.2. The maximum atomic E-state index is 13.3. The third-order valence-corrected chi connectivity index (χ3v) is 5.62. The summed E-state index contributed by atoms with van der Waals surface area (Å²) in [6, 6.07) is 6.93. The van der Waals surface area contributed by atoms with Crippen LogP contribution in [0, 0.1) is 6.92 Å². The van der Waals surface area contributed by atoms with Crippen molar-refractivity contribution in [2.75, 3.05) is 0 Å². The molecule has 0 fully saturated rings. The SMILES string of the molecule is Cc1ccc(S[C@]2(C(F)(F)F)C[C@H](O)C=CS2)cc1. The van der Waals surface area contributed by atoms with Gasteiger partial charge < -0.3 is 5.11 Å². The molecule has 2 rings (SSSR count). The van der Waals surface area contributed by atoms with E-state index in [1.807, 2.05) is 6.92 Å². The van der Waals surface area contributed by atoms with E-state index >= 15 is 0 Å². The molecule has 0 unspecified atom stereocenters. The molecule has 0 aromatic heterocycles. The fraction of sp³-hybridized carbons (Fsp3) is 0.385. The van der Waals surface area contributed by atoms with Crippen molar-refractivity contribution in [1.29, 1.82) is 0 Å². The molecule has 0 bridgehead atoms. The van der Waals surface area contributed by atoms with Gasteiger partial charge in [-0.25, -0.2) is 0 Å². The maximum Gasteiger partial charge on any atom is 0.413 e. The monoisotopic (exact) mass is 306 g/mol. The van der Waals surface area contributed by atoms with Gasteiger partial charge in [-0.2, -0.15) is 13.2 Å². The summed E-state index contributed by atoms with van der Waals surface area (Å²) in [6.07, 6.45) is -4.39. The Bertz CT molecular complexity index is 470. The third kappa shape index (κ3) is 3.30. The van der Waals surface area contributed by atoms with Gasteiger partial charge in [0.1, 0.15) is 0 Å². The van der Waals surface area contributed by atoms with Gasteiger partial charge in [-0.3, -0.25) is 0 Å². The molecule has 1 aromatic carbocycles. The number of aliphatic hydroxyl groups excluding tert-OH is 1. The zero-order valence-corrected chi connectivity index (χ0v) is 11.8. The molecule has 1 aliphatic rings. The topological polar surface area (TPSA) is 20.2 Å². The van der Waals surface area contributed by atoms with Crippen LogP contribution in [0.2, 0.25) is 0 Å². The third-order valence-electron chi connectivity index (χ3n) is 2.77. The molecule has 6 heteroatoms. The van der Waals surface area contributed by atoms with Crippen LogP contribution in [0.3, 0.4) is 0 Å². The summed E-state index contributed by atoms with van der Waals surface area (Å²) in [6.45, 7) is 1.88. The molecule has 1 aromatic rings. The van der Waals surface area contributed by atoms with E-state index in [2.05, 4.69) is 0 Å². The lowest BCUT2D eigenvalue weighted by molar-refractivity contribution is -0.142. The first-order valence-corrected chi connectivity index (χ1v) is 7.37. The number of hydrogen-bond donors (Lipinski definition) is 1. The smallest absolute Gasteiger partial charge is 0.389 e. The van der Waals surface area contributed by atoms with Crippen molar-refractivity contribution in [3.05, 3.63) is 41.3 Å². The molecule has 2 atom stereocenters. The summed E-state index contributed by atoms with van der Waals surface area (Å²) in [5, 5.41) is 10.9. The molecule has 0 saturated carbocycles. The van der Waals surface area contributed by atoms with Gasteiger partial charge in [0, 0.05) is 11.3 Å². The molecule has 0 spiro atoms. The number of thioether (sulfide) groups is 2. The van der Waals surface area contributed by atoms with Crippen LogP contribution < -0.4 is 0 Å². The summed E-state index contributed by atoms with van der Waals surface area (Å²) in [5.41, 5.74) is 1.00. The first kappa shape index (κ1) is 14.8. The Hall–Kier alpha value is -0.590. The molecule has 0 aliphatic carbocycles. The minimum Gasteiger partial charge on any atom is -0.389 e. The Balaban J connectivity index is 2.29. The second-order valence-electron chi connectivity index (χ2n) is 4.38. The molecule has 1 N–H and O–H groups in total. The Morgan fingerprint density at radius 3 is 2.47 bits per heavy atom. The van der Waals surface area contributed by atoms with E-state index in [1.54, 1.807) is 24.3 Å². The fourth-order valence-corrected chi connectivity index (χ4v) is 4.29. The van der Waals surface area contributed by atoms with Crippen molar-refractivity contribution in [3.8, 4) is 0 Å². The van der Waals surface area contributed by atoms with Gasteiger partial charge in [-0.1, -0.05) is 29.5 Å². The van der Waals surface area contributed by atoms with Gasteiger partial charge in [0.15, 0.2) is 4.08 Å². The van der Waals surface area contributed by atoms with Gasteiger partial charge in [0.2, 0.25) is 0 Å². The normalized spacial score (nSPS) is 27.5. The lowest BCUT2D eigenvalue weighted by atomic mass is 10.1. The molecule has 104 valence electrons. The van der Waals surface area contributed by atoms with Crippen LogP contribution in [0.5, 0.6) is 0 Å². The Kier molecular flexibility index (Phi) is 4.23. The Labute approximate surface area is 118 Å². The van der Waals surface area contributed by atoms with Crippen LogP contribution in [-0.2, 0) is 0 Å². The molecule has 0 amide bonds. The minimum atomic E-state index is -4.39. The van der Waals surface area contributed by atoms with Crippen LogP contribution in [0.4, 0.5) is 13.2 Å². The van der Waals surface area contributed by atoms with E-state index in [1.165, 1.54) is 11.5 Å². The van der Waals surface area contributed by atoms with Crippen LogP contribution in [0.15, 0.2) is 40.6 Å². The molecule has 1 heterocycles. The van der Waals surface area contributed by atoms with Crippen molar-refractivity contribution >= 4 is 23.5 Å². The minimum absolute atomic E-state index is 0.337. The van der Waals surface area contributed by atoms with Gasteiger partial charge >= 0.3 is 6.18 Å². The summed E-state index contributed by atoms with van der Waals surface area (Å²) in [4.78, 5) is 0.554. The second kappa shape index (κ2) is 5.42. The van der Waals surface area contributed by atoms with Crippen molar-refractivity contribution < 1.29 is 18.3 Å². The molecule has 1 nitrogen and oxygen atoms in total. The van der Waals surface area contributed by atoms with Crippen LogP contribution in [0.1, 0.15) is 12.0 Å². The lowest BCUT2D eigenvalue weighted by Crippen LogP contribution is -2.42. The molecule has 19 heavy (non-hydrogen) atoms. The largest absolute Gasteiger partial charge is 0.413 e. The van der Waals surface area contributed by atoms with Gasteiger partial charge in [0.25, 0.3) is 0 Å². The van der Waals surface area contributed by atoms with Crippen LogP contribution in [-0.4, -0.2) is 21.5 Å². The van der Waals surface area contributed by atoms with Crippen molar-refractivity contribution in [1.82, 2.24) is 0 Å². The second-order valence-corrected chi connectivity index (χ2v) is 7.22. The quantitative estimate of drug-likeness (QED) is 0.877. The predicted octanol–water partition coefficient (Wildman–Crippen LogP) is 4.36. The Morgan fingerprint density at radius 1 is 1.32 bits per heavy atom. The summed E-state index contributed by atoms with van der Waals surface area (Å²) < 4.78 is 38.0. The molecule has 1 aliphatic heterocycles. The predicted molar refractivity (Wildman–Crippen MR) is 73.2 cm³/mol. The first-order valence-electron chi connectivity index (χ1n) is 5.67. The van der Waals surface area contributed by atoms with Crippen molar-refractivity contribution in [2.24, 2.45) is 0 Å². The average Bonchev–Trinajstić information content (AvgIpc) is 2.31. The van der Waals surface area contributed by atoms with Crippen molar-refractivity contribution in [3.63, 3.8) is 0 Å². The van der Waals surface area contributed by atoms with E-state index in [9.17, 15) is 18.3 Å². The first-order chi connectivity index (χ1) is 8.82. The zero-order chi connectivity index (χ0) is 14.1. The number of rotatable bonds is 2. The van der Waals surface area contributed by atoms with Crippen molar-refractivity contribution in [2.45, 2.75) is 34.6 Å². The molecular formula is C13H13F3OS2. The van der Waals surface area contributed by atoms with E-state index in [-0.39, 0.29) is 6.42 Å². The molecule has 0 saturated heterocycles. The number of alkyl halides is 3. The number of halogens is 3.